The number of aromatic nitrogens is 2. The lowest BCUT2D eigenvalue weighted by Crippen LogP contribution is -2.17. The second-order valence-electron chi connectivity index (χ2n) is 3.61. The van der Waals surface area contributed by atoms with E-state index in [1.807, 2.05) is 6.07 Å². The molecular weight excluding hydrogens is 180 g/mol. The summed E-state index contributed by atoms with van der Waals surface area (Å²) < 4.78 is 5.22. The van der Waals surface area contributed by atoms with E-state index in [0.717, 1.165) is 30.1 Å². The smallest absolute Gasteiger partial charge is 0.294 e. The molecule has 1 saturated heterocycles. The van der Waals surface area contributed by atoms with Gasteiger partial charge in [0.15, 0.2) is 11.2 Å². The second-order valence-corrected chi connectivity index (χ2v) is 3.61. The predicted molar refractivity (Wildman–Crippen MR) is 54.2 cm³/mol. The van der Waals surface area contributed by atoms with E-state index in [0.29, 0.717) is 0 Å². The van der Waals surface area contributed by atoms with Crippen molar-refractivity contribution in [1.29, 1.82) is 0 Å². The van der Waals surface area contributed by atoms with Crippen molar-refractivity contribution in [1.82, 2.24) is 9.97 Å². The number of oxazole rings is 1. The van der Waals surface area contributed by atoms with E-state index >= 15 is 0 Å². The Labute approximate surface area is 80.9 Å². The zero-order chi connectivity index (χ0) is 9.54. The Hall–Kier alpha value is -1.65. The van der Waals surface area contributed by atoms with Gasteiger partial charge in [0, 0.05) is 19.2 Å². The summed E-state index contributed by atoms with van der Waals surface area (Å²) in [5, 5.41) is 0. The van der Waals surface area contributed by atoms with Crippen LogP contribution in [0.3, 0.4) is 0 Å². The molecule has 2 aromatic heterocycles. The molecule has 74 valence electrons. The first-order chi connectivity index (χ1) is 6.83. The lowest BCUT2D eigenvalue weighted by molar-refractivity contribution is 0.626. The monoisotopic (exact) mass is 192 g/mol. The average molecular weight is 192 g/mol. The van der Waals surface area contributed by atoms with Crippen molar-refractivity contribution in [3.8, 4) is 0 Å². The summed E-state index contributed by atoms with van der Waals surface area (Å²) in [4.78, 5) is 9.53. The third kappa shape index (κ3) is 1.05. The van der Waals surface area contributed by atoms with Crippen molar-refractivity contribution in [3.63, 3.8) is 0 Å². The third-order valence-electron chi connectivity index (χ3n) is 2.63. The van der Waals surface area contributed by atoms with Crippen LogP contribution < -0.4 is 10.6 Å². The first-order valence-electron chi connectivity index (χ1n) is 4.83. The SMILES string of the molecule is Nc1nc2[nH]c(N3CCCC3)cc2o1. The molecule has 1 aliphatic rings. The summed E-state index contributed by atoms with van der Waals surface area (Å²) in [5.41, 5.74) is 6.91. The van der Waals surface area contributed by atoms with E-state index in [1.165, 1.54) is 12.8 Å². The predicted octanol–water partition coefficient (Wildman–Crippen LogP) is 1.34. The van der Waals surface area contributed by atoms with Crippen molar-refractivity contribution >= 4 is 23.1 Å². The number of aromatic amines is 1. The van der Waals surface area contributed by atoms with E-state index in [4.69, 9.17) is 10.2 Å². The fourth-order valence-electron chi connectivity index (χ4n) is 1.95. The van der Waals surface area contributed by atoms with Gasteiger partial charge in [0.25, 0.3) is 6.01 Å². The van der Waals surface area contributed by atoms with E-state index < -0.39 is 0 Å². The average Bonchev–Trinajstić information content (AvgIpc) is 2.74. The van der Waals surface area contributed by atoms with Gasteiger partial charge in [-0.05, 0) is 12.8 Å². The number of hydrogen-bond acceptors (Lipinski definition) is 4. The van der Waals surface area contributed by atoms with E-state index in [-0.39, 0.29) is 6.01 Å². The molecule has 3 N–H and O–H groups in total. The van der Waals surface area contributed by atoms with Crippen LogP contribution in [0.4, 0.5) is 11.8 Å². The standard InChI is InChI=1S/C9H12N4O/c10-9-12-8-6(14-9)5-7(11-8)13-3-1-2-4-13/h5,11H,1-4H2,(H2,10,12). The molecule has 0 amide bonds. The molecule has 1 fully saturated rings. The largest absolute Gasteiger partial charge is 0.422 e. The van der Waals surface area contributed by atoms with Crippen LogP contribution in [-0.2, 0) is 0 Å². The van der Waals surface area contributed by atoms with E-state index in [2.05, 4.69) is 14.9 Å². The Morgan fingerprint density at radius 3 is 2.93 bits per heavy atom. The molecule has 0 unspecified atom stereocenters. The fraction of sp³-hybridized carbons (Fsp3) is 0.444. The van der Waals surface area contributed by atoms with Crippen LogP contribution in [0.15, 0.2) is 10.5 Å². The fourth-order valence-corrected chi connectivity index (χ4v) is 1.95. The number of H-pyrrole nitrogens is 1. The number of hydrogen-bond donors (Lipinski definition) is 2. The van der Waals surface area contributed by atoms with Crippen molar-refractivity contribution in [2.45, 2.75) is 12.8 Å². The number of nitrogens with one attached hydrogen (secondary N) is 1. The number of anilines is 2. The molecule has 0 bridgehead atoms. The van der Waals surface area contributed by atoms with E-state index in [9.17, 15) is 0 Å². The Bertz CT molecular complexity index is 421. The minimum Gasteiger partial charge on any atom is -0.422 e. The van der Waals surface area contributed by atoms with Gasteiger partial charge in [0.1, 0.15) is 5.82 Å². The molecule has 0 saturated carbocycles. The van der Waals surface area contributed by atoms with Gasteiger partial charge in [-0.3, -0.25) is 0 Å². The summed E-state index contributed by atoms with van der Waals surface area (Å²) in [5.74, 6) is 1.09. The molecule has 0 aromatic carbocycles. The Kier molecular flexibility index (Phi) is 1.47. The Balaban J connectivity index is 2.01. The van der Waals surface area contributed by atoms with Crippen LogP contribution in [0.25, 0.3) is 11.2 Å². The second kappa shape index (κ2) is 2.67. The van der Waals surface area contributed by atoms with Gasteiger partial charge in [-0.2, -0.15) is 4.98 Å². The molecule has 0 atom stereocenters. The van der Waals surface area contributed by atoms with Crippen LogP contribution in [0, 0.1) is 0 Å². The summed E-state index contributed by atoms with van der Waals surface area (Å²) >= 11 is 0. The van der Waals surface area contributed by atoms with Gasteiger partial charge in [-0.1, -0.05) is 0 Å². The molecule has 1 aliphatic heterocycles. The summed E-state index contributed by atoms with van der Waals surface area (Å²) in [6, 6.07) is 2.18. The molecule has 0 radical (unpaired) electrons. The molecule has 0 spiro atoms. The van der Waals surface area contributed by atoms with Crippen molar-refractivity contribution < 1.29 is 4.42 Å². The van der Waals surface area contributed by atoms with Crippen LogP contribution in [0.1, 0.15) is 12.8 Å². The topological polar surface area (TPSA) is 71.1 Å². The van der Waals surface area contributed by atoms with Crippen LogP contribution in [0.5, 0.6) is 0 Å². The molecule has 2 aromatic rings. The summed E-state index contributed by atoms with van der Waals surface area (Å²) in [7, 11) is 0. The van der Waals surface area contributed by atoms with Gasteiger partial charge in [0.05, 0.1) is 0 Å². The highest BCUT2D eigenvalue weighted by Crippen LogP contribution is 2.25. The van der Waals surface area contributed by atoms with E-state index in [1.54, 1.807) is 0 Å². The number of nitrogens with two attached hydrogens (primary N) is 1. The maximum absolute atomic E-state index is 5.43. The molecule has 3 heterocycles. The van der Waals surface area contributed by atoms with Gasteiger partial charge in [-0.15, -0.1) is 0 Å². The highest BCUT2D eigenvalue weighted by atomic mass is 16.4. The lowest BCUT2D eigenvalue weighted by atomic mass is 10.4. The molecule has 14 heavy (non-hydrogen) atoms. The van der Waals surface area contributed by atoms with Gasteiger partial charge in [0.2, 0.25) is 0 Å². The number of nitrogens with zero attached hydrogens (tertiary/aromatic N) is 2. The van der Waals surface area contributed by atoms with Crippen molar-refractivity contribution in [2.24, 2.45) is 0 Å². The number of rotatable bonds is 1. The first-order valence-corrected chi connectivity index (χ1v) is 4.83. The van der Waals surface area contributed by atoms with Crippen molar-refractivity contribution in [2.75, 3.05) is 23.7 Å². The summed E-state index contributed by atoms with van der Waals surface area (Å²) in [6.45, 7) is 2.22. The highest BCUT2D eigenvalue weighted by molar-refractivity contribution is 5.76. The zero-order valence-corrected chi connectivity index (χ0v) is 7.79. The molecule has 5 heteroatoms. The van der Waals surface area contributed by atoms with Crippen LogP contribution in [-0.4, -0.2) is 23.1 Å². The van der Waals surface area contributed by atoms with Crippen molar-refractivity contribution in [3.05, 3.63) is 6.07 Å². The minimum absolute atomic E-state index is 0.222. The Morgan fingerprint density at radius 1 is 1.43 bits per heavy atom. The number of nitrogen functional groups attached to an aromatic ring is 1. The van der Waals surface area contributed by atoms with Crippen LogP contribution >= 0.6 is 0 Å². The molecule has 5 nitrogen and oxygen atoms in total. The van der Waals surface area contributed by atoms with Gasteiger partial charge < -0.3 is 20.0 Å². The molecule has 3 rings (SSSR count). The number of fused-ring (bicyclic) bond motifs is 1. The maximum Gasteiger partial charge on any atom is 0.294 e. The van der Waals surface area contributed by atoms with Gasteiger partial charge in [-0.25, -0.2) is 0 Å². The molecule has 0 aliphatic carbocycles. The highest BCUT2D eigenvalue weighted by Gasteiger charge is 2.16. The first kappa shape index (κ1) is 7.73. The third-order valence-corrected chi connectivity index (χ3v) is 2.63. The normalized spacial score (nSPS) is 17.0. The Morgan fingerprint density at radius 2 is 2.21 bits per heavy atom. The van der Waals surface area contributed by atoms with Gasteiger partial charge >= 0.3 is 0 Å². The van der Waals surface area contributed by atoms with Crippen LogP contribution in [0.2, 0.25) is 0 Å². The summed E-state index contributed by atoms with van der Waals surface area (Å²) in [6.07, 6.45) is 2.52. The quantitative estimate of drug-likeness (QED) is 0.715. The zero-order valence-electron chi connectivity index (χ0n) is 7.79. The maximum atomic E-state index is 5.43. The lowest BCUT2D eigenvalue weighted by Gasteiger charge is -2.13. The molecular formula is C9H12N4O. The minimum atomic E-state index is 0.222.